The Morgan fingerprint density at radius 3 is 0.812 bits per heavy atom. The fourth-order valence-corrected chi connectivity index (χ4v) is 19.9. The van der Waals surface area contributed by atoms with Gasteiger partial charge in [-0.1, -0.05) is 386 Å². The van der Waals surface area contributed by atoms with Crippen molar-refractivity contribution in [2.24, 2.45) is 0 Å². The summed E-state index contributed by atoms with van der Waals surface area (Å²) in [6.07, 6.45) is 0. The molecule has 2 aliphatic rings. The molecule has 21 aromatic rings. The molecule has 0 saturated heterocycles. The standard InChI is InChI=1S/C59H40.C53H36/c1-59(2)54-25-13-24-45(58(54)53-34-41-14-3-4-15-42(41)36-55(53)59)37-26-30-39(31-27-37)56-48-20-9-11-22-50(48)57(51-23-12-10-21-49(51)56)40-32-28-38(29-33-40)52-35-43-16-5-6-17-44(43)46-18-7-8-19-47(46)52;1-53(2)48-24-12-21-39(52(48)47-31-36-14-3-4-15-37(36)32-49(47)53)34-25-27-35(28-26-34)50-43-17-7-9-19-45(43)51(46-20-10-8-18-44(46)50)42-23-11-22-40-38-16-6-5-13-33(38)29-30-41(40)42/h3-36H,1-2H3;3-32H,1-2H3. The monoisotopic (exact) mass is 1420 g/mol. The molecule has 0 atom stereocenters. The van der Waals surface area contributed by atoms with E-state index in [0.717, 1.165) is 0 Å². The van der Waals surface area contributed by atoms with E-state index in [4.69, 9.17) is 0 Å². The van der Waals surface area contributed by atoms with Crippen LogP contribution in [0.5, 0.6) is 0 Å². The largest absolute Gasteiger partial charge is 0.0616 e. The first-order valence-electron chi connectivity index (χ1n) is 39.4. The van der Waals surface area contributed by atoms with Crippen LogP contribution in [0.2, 0.25) is 0 Å². The summed E-state index contributed by atoms with van der Waals surface area (Å²) in [6.45, 7) is 9.50. The van der Waals surface area contributed by atoms with Gasteiger partial charge in [-0.2, -0.15) is 0 Å². The molecule has 21 aromatic carbocycles. The molecule has 0 aromatic heterocycles. The van der Waals surface area contributed by atoms with Crippen molar-refractivity contribution in [1.29, 1.82) is 0 Å². The molecule has 0 unspecified atom stereocenters. The van der Waals surface area contributed by atoms with E-state index in [1.54, 1.807) is 0 Å². The van der Waals surface area contributed by atoms with Gasteiger partial charge in [-0.3, -0.25) is 0 Å². The van der Waals surface area contributed by atoms with Crippen LogP contribution in [0.1, 0.15) is 49.9 Å². The lowest BCUT2D eigenvalue weighted by molar-refractivity contribution is 0.661. The van der Waals surface area contributed by atoms with Crippen molar-refractivity contribution in [3.63, 3.8) is 0 Å². The molecule has 0 nitrogen and oxygen atoms in total. The Bertz CT molecular complexity index is 7400. The van der Waals surface area contributed by atoms with Crippen LogP contribution in [-0.4, -0.2) is 0 Å². The molecule has 0 saturated carbocycles. The summed E-state index contributed by atoms with van der Waals surface area (Å²) >= 11 is 0. The third-order valence-corrected chi connectivity index (χ3v) is 25.3. The van der Waals surface area contributed by atoms with E-state index < -0.39 is 0 Å². The van der Waals surface area contributed by atoms with Gasteiger partial charge in [-0.05, 0) is 260 Å². The van der Waals surface area contributed by atoms with Crippen LogP contribution in [0, 0.1) is 0 Å². The first-order valence-corrected chi connectivity index (χ1v) is 39.4. The van der Waals surface area contributed by atoms with Crippen molar-refractivity contribution in [3.8, 4) is 100 Å². The second-order valence-corrected chi connectivity index (χ2v) is 32.0. The lowest BCUT2D eigenvalue weighted by Crippen LogP contribution is -2.14. The molecule has 524 valence electrons. The van der Waals surface area contributed by atoms with Crippen LogP contribution >= 0.6 is 0 Å². The first-order chi connectivity index (χ1) is 55.1. The van der Waals surface area contributed by atoms with E-state index in [1.165, 1.54) is 230 Å². The summed E-state index contributed by atoms with van der Waals surface area (Å²) in [7, 11) is 0. The maximum Gasteiger partial charge on any atom is 0.0159 e. The van der Waals surface area contributed by atoms with Crippen LogP contribution < -0.4 is 0 Å². The van der Waals surface area contributed by atoms with E-state index in [-0.39, 0.29) is 10.8 Å². The van der Waals surface area contributed by atoms with E-state index in [0.29, 0.717) is 0 Å². The molecule has 0 amide bonds. The molecule has 0 spiro atoms. The zero-order chi connectivity index (χ0) is 74.5. The summed E-state index contributed by atoms with van der Waals surface area (Å²) in [5.74, 6) is 0. The number of fused-ring (bicyclic) bond motifs is 18. The van der Waals surface area contributed by atoms with Crippen LogP contribution in [0.25, 0.3) is 208 Å². The Morgan fingerprint density at radius 1 is 0.134 bits per heavy atom. The van der Waals surface area contributed by atoms with Gasteiger partial charge >= 0.3 is 0 Å². The Labute approximate surface area is 652 Å². The molecular formula is C112H76. The average molecular weight is 1420 g/mol. The van der Waals surface area contributed by atoms with Gasteiger partial charge in [0.05, 0.1) is 0 Å². The van der Waals surface area contributed by atoms with Gasteiger partial charge < -0.3 is 0 Å². The van der Waals surface area contributed by atoms with Gasteiger partial charge in [0.25, 0.3) is 0 Å². The van der Waals surface area contributed by atoms with Crippen LogP contribution in [-0.2, 0) is 10.8 Å². The highest BCUT2D eigenvalue weighted by atomic mass is 14.4. The topological polar surface area (TPSA) is 0 Å². The van der Waals surface area contributed by atoms with E-state index in [9.17, 15) is 0 Å². The van der Waals surface area contributed by atoms with Gasteiger partial charge in [-0.25, -0.2) is 0 Å². The van der Waals surface area contributed by atoms with E-state index >= 15 is 0 Å². The Balaban J connectivity index is 0.000000138. The minimum absolute atomic E-state index is 0.0681. The average Bonchev–Trinajstić information content (AvgIpc) is 1.27. The summed E-state index contributed by atoms with van der Waals surface area (Å²) in [5, 5.41) is 25.6. The molecule has 0 radical (unpaired) electrons. The number of benzene rings is 21. The predicted octanol–water partition coefficient (Wildman–Crippen LogP) is 31.2. The van der Waals surface area contributed by atoms with Gasteiger partial charge in [0, 0.05) is 10.8 Å². The molecule has 112 heavy (non-hydrogen) atoms. The summed E-state index contributed by atoms with van der Waals surface area (Å²) in [6, 6.07) is 145. The number of rotatable bonds is 7. The van der Waals surface area contributed by atoms with E-state index in [2.05, 4.69) is 416 Å². The van der Waals surface area contributed by atoms with E-state index in [1.807, 2.05) is 0 Å². The van der Waals surface area contributed by atoms with Gasteiger partial charge in [0.1, 0.15) is 0 Å². The molecular weight excluding hydrogens is 1350 g/mol. The zero-order valence-electron chi connectivity index (χ0n) is 63.0. The minimum atomic E-state index is -0.0740. The normalized spacial score (nSPS) is 13.1. The highest BCUT2D eigenvalue weighted by molar-refractivity contribution is 6.26. The van der Waals surface area contributed by atoms with Crippen molar-refractivity contribution < 1.29 is 0 Å². The number of hydrogen-bond acceptors (Lipinski definition) is 0. The lowest BCUT2D eigenvalue weighted by atomic mass is 9.81. The molecule has 23 rings (SSSR count). The summed E-state index contributed by atoms with van der Waals surface area (Å²) in [4.78, 5) is 0. The van der Waals surface area contributed by atoms with Crippen molar-refractivity contribution in [1.82, 2.24) is 0 Å². The quantitative estimate of drug-likeness (QED) is 0.110. The SMILES string of the molecule is CC1(C)c2cc3ccccc3cc2-c2c(-c3ccc(-c4c5ccccc5c(-c5ccc(-c6cc7ccccc7c7ccccc67)cc5)c5ccccc45)cc3)cccc21.CC1(C)c2cc3ccccc3cc2-c2c(-c3ccc(-c4c5ccccc5c(-c5cccc6c5ccc5ccccc56)c5ccccc45)cc3)cccc21. The van der Waals surface area contributed by atoms with Crippen LogP contribution in [0.15, 0.2) is 388 Å². The van der Waals surface area contributed by atoms with Crippen molar-refractivity contribution in [3.05, 3.63) is 411 Å². The third-order valence-electron chi connectivity index (χ3n) is 25.3. The van der Waals surface area contributed by atoms with Gasteiger partial charge in [0.15, 0.2) is 0 Å². The molecule has 0 bridgehead atoms. The molecule has 0 aliphatic heterocycles. The molecule has 2 aliphatic carbocycles. The molecule has 0 fully saturated rings. The minimum Gasteiger partial charge on any atom is -0.0616 e. The second kappa shape index (κ2) is 25.4. The fraction of sp³-hybridized carbons (Fsp3) is 0.0536. The Kier molecular flexibility index (Phi) is 14.8. The second-order valence-electron chi connectivity index (χ2n) is 32.0. The molecule has 0 heteroatoms. The van der Waals surface area contributed by atoms with Gasteiger partial charge in [0.2, 0.25) is 0 Å². The maximum atomic E-state index is 2.42. The Morgan fingerprint density at radius 2 is 0.402 bits per heavy atom. The Hall–Kier alpha value is -13.8. The smallest absolute Gasteiger partial charge is 0.0159 e. The summed E-state index contributed by atoms with van der Waals surface area (Å²) in [5.41, 5.74) is 28.6. The lowest BCUT2D eigenvalue weighted by Gasteiger charge is -2.22. The number of hydrogen-bond donors (Lipinski definition) is 0. The van der Waals surface area contributed by atoms with Crippen LogP contribution in [0.3, 0.4) is 0 Å². The first kappa shape index (κ1) is 65.3. The maximum absolute atomic E-state index is 2.42. The van der Waals surface area contributed by atoms with Crippen molar-refractivity contribution >= 4 is 108 Å². The molecule has 0 heterocycles. The van der Waals surface area contributed by atoms with Crippen LogP contribution in [0.4, 0.5) is 0 Å². The predicted molar refractivity (Wildman–Crippen MR) is 481 cm³/mol. The fourth-order valence-electron chi connectivity index (χ4n) is 19.9. The molecule has 0 N–H and O–H groups in total. The summed E-state index contributed by atoms with van der Waals surface area (Å²) < 4.78 is 0. The van der Waals surface area contributed by atoms with Crippen molar-refractivity contribution in [2.75, 3.05) is 0 Å². The zero-order valence-corrected chi connectivity index (χ0v) is 63.0. The highest BCUT2D eigenvalue weighted by Crippen LogP contribution is 2.57. The van der Waals surface area contributed by atoms with Crippen molar-refractivity contribution in [2.45, 2.75) is 38.5 Å². The highest BCUT2D eigenvalue weighted by Gasteiger charge is 2.39. The third kappa shape index (κ3) is 10.1. The van der Waals surface area contributed by atoms with Gasteiger partial charge in [-0.15, -0.1) is 0 Å².